The number of nitrogens with zero attached hydrogens (tertiary/aromatic N) is 1. The van der Waals surface area contributed by atoms with Crippen molar-refractivity contribution in [2.45, 2.75) is 161 Å². The number of carbonyl (C=O) groups is 1. The van der Waals surface area contributed by atoms with Gasteiger partial charge >= 0.3 is 7.82 Å². The second-order valence-electron chi connectivity index (χ2n) is 12.9. The van der Waals surface area contributed by atoms with Crippen molar-refractivity contribution in [3.05, 3.63) is 0 Å². The fourth-order valence-electron chi connectivity index (χ4n) is 4.83. The number of rotatable bonds is 30. The summed E-state index contributed by atoms with van der Waals surface area (Å²) in [6.45, 7) is 4.35. The largest absolute Gasteiger partial charge is 0.472 e. The van der Waals surface area contributed by atoms with Crippen LogP contribution in [-0.2, 0) is 18.4 Å². The Morgan fingerprint density at radius 3 is 1.54 bits per heavy atom. The van der Waals surface area contributed by atoms with Crippen molar-refractivity contribution in [1.29, 1.82) is 0 Å². The van der Waals surface area contributed by atoms with Crippen LogP contribution in [0.5, 0.6) is 0 Å². The molecule has 3 N–H and O–H groups in total. The summed E-state index contributed by atoms with van der Waals surface area (Å²) in [6, 6.07) is -0.750. The maximum absolute atomic E-state index is 12.2. The first kappa shape index (κ1) is 40.5. The molecule has 246 valence electrons. The third-order valence-electron chi connectivity index (χ3n) is 7.67. The first-order chi connectivity index (χ1) is 19.5. The summed E-state index contributed by atoms with van der Waals surface area (Å²) in [6.07, 6.45) is 24.8. The van der Waals surface area contributed by atoms with Crippen molar-refractivity contribution in [3.63, 3.8) is 0 Å². The van der Waals surface area contributed by atoms with Crippen LogP contribution in [0.2, 0.25) is 0 Å². The zero-order valence-corrected chi connectivity index (χ0v) is 28.4. The molecule has 0 saturated heterocycles. The van der Waals surface area contributed by atoms with Gasteiger partial charge in [0, 0.05) is 6.42 Å². The minimum absolute atomic E-state index is 0.0746. The molecule has 0 rings (SSSR count). The van der Waals surface area contributed by atoms with Gasteiger partial charge in [-0.15, -0.1) is 0 Å². The van der Waals surface area contributed by atoms with Crippen LogP contribution < -0.4 is 5.32 Å². The van der Waals surface area contributed by atoms with E-state index >= 15 is 0 Å². The van der Waals surface area contributed by atoms with Gasteiger partial charge in [-0.05, 0) is 6.42 Å². The standard InChI is InChI=1S/C32H67N2O6P/c1-6-8-9-10-11-12-13-14-15-16-17-18-19-20-21-22-23-24-25-26-31(35)30(33-32(36)7-2)29-40-41(37,38)39-28-27-34(3,4)5/h30-31,35H,6-29H2,1-5H3,(H-,33,36,37,38)/p+1. The summed E-state index contributed by atoms with van der Waals surface area (Å²) in [7, 11) is 1.61. The highest BCUT2D eigenvalue weighted by molar-refractivity contribution is 7.47. The molecule has 0 aliphatic carbocycles. The number of phosphoric ester groups is 1. The number of quaternary nitrogens is 1. The third kappa shape index (κ3) is 28.1. The van der Waals surface area contributed by atoms with Gasteiger partial charge in [-0.25, -0.2) is 4.57 Å². The van der Waals surface area contributed by atoms with Gasteiger partial charge in [-0.1, -0.05) is 136 Å². The van der Waals surface area contributed by atoms with E-state index in [2.05, 4.69) is 12.2 Å². The smallest absolute Gasteiger partial charge is 0.391 e. The summed E-state index contributed by atoms with van der Waals surface area (Å²) >= 11 is 0. The van der Waals surface area contributed by atoms with Crippen LogP contribution in [-0.4, -0.2) is 73.4 Å². The Morgan fingerprint density at radius 2 is 1.15 bits per heavy atom. The summed E-state index contributed by atoms with van der Waals surface area (Å²) < 4.78 is 23.0. The van der Waals surface area contributed by atoms with Gasteiger partial charge in [-0.3, -0.25) is 13.8 Å². The summed E-state index contributed by atoms with van der Waals surface area (Å²) in [4.78, 5) is 21.9. The monoisotopic (exact) mass is 607 g/mol. The van der Waals surface area contributed by atoms with E-state index in [4.69, 9.17) is 9.05 Å². The van der Waals surface area contributed by atoms with Gasteiger partial charge in [-0.2, -0.15) is 0 Å². The first-order valence-corrected chi connectivity index (χ1v) is 18.4. The van der Waals surface area contributed by atoms with E-state index < -0.39 is 20.0 Å². The SMILES string of the molecule is CCCCCCCCCCCCCCCCCCCCCC(O)C(COP(=O)(O)OCC[N+](C)(C)C)NC(=O)CC. The number of phosphoric acid groups is 1. The molecule has 1 amide bonds. The number of carbonyl (C=O) groups excluding carboxylic acids is 1. The molecule has 3 atom stereocenters. The molecule has 41 heavy (non-hydrogen) atoms. The van der Waals surface area contributed by atoms with Crippen LogP contribution in [0, 0.1) is 0 Å². The molecule has 3 unspecified atom stereocenters. The molecule has 0 bridgehead atoms. The number of hydrogen-bond donors (Lipinski definition) is 3. The Morgan fingerprint density at radius 1 is 0.732 bits per heavy atom. The Balaban J connectivity index is 3.89. The highest BCUT2D eigenvalue weighted by Crippen LogP contribution is 2.43. The van der Waals surface area contributed by atoms with Gasteiger partial charge in [0.2, 0.25) is 5.91 Å². The minimum atomic E-state index is -4.26. The van der Waals surface area contributed by atoms with Crippen LogP contribution in [0.1, 0.15) is 149 Å². The molecule has 0 fully saturated rings. The lowest BCUT2D eigenvalue weighted by molar-refractivity contribution is -0.870. The second-order valence-corrected chi connectivity index (χ2v) is 14.3. The van der Waals surface area contributed by atoms with Crippen molar-refractivity contribution in [1.82, 2.24) is 5.32 Å². The van der Waals surface area contributed by atoms with Crippen molar-refractivity contribution in [3.8, 4) is 0 Å². The number of unbranched alkanes of at least 4 members (excludes halogenated alkanes) is 18. The summed E-state index contributed by atoms with van der Waals surface area (Å²) in [5.74, 6) is -0.232. The van der Waals surface area contributed by atoms with Crippen molar-refractivity contribution < 1.29 is 32.9 Å². The first-order valence-electron chi connectivity index (χ1n) is 16.9. The lowest BCUT2D eigenvalue weighted by Crippen LogP contribution is -2.46. The molecule has 0 aromatic heterocycles. The zero-order valence-electron chi connectivity index (χ0n) is 27.5. The van der Waals surface area contributed by atoms with Crippen molar-refractivity contribution in [2.24, 2.45) is 0 Å². The molecule has 0 aliphatic rings. The fraction of sp³-hybridized carbons (Fsp3) is 0.969. The Hall–Kier alpha value is -0.500. The average molecular weight is 608 g/mol. The molecule has 0 saturated carbocycles. The van der Waals surface area contributed by atoms with Gasteiger partial charge in [0.05, 0.1) is 39.9 Å². The van der Waals surface area contributed by atoms with E-state index in [9.17, 15) is 19.4 Å². The molecule has 0 radical (unpaired) electrons. The average Bonchev–Trinajstić information content (AvgIpc) is 2.91. The zero-order chi connectivity index (χ0) is 30.8. The molecule has 9 heteroatoms. The van der Waals surface area contributed by atoms with Gasteiger partial charge in [0.15, 0.2) is 0 Å². The van der Waals surface area contributed by atoms with E-state index in [0.717, 1.165) is 19.3 Å². The number of nitrogens with one attached hydrogen (secondary N) is 1. The molecule has 0 aromatic rings. The fourth-order valence-corrected chi connectivity index (χ4v) is 5.57. The summed E-state index contributed by atoms with van der Waals surface area (Å²) in [5, 5.41) is 13.4. The van der Waals surface area contributed by atoms with Crippen LogP contribution >= 0.6 is 7.82 Å². The maximum atomic E-state index is 12.2. The van der Waals surface area contributed by atoms with E-state index in [1.165, 1.54) is 103 Å². The number of hydrogen-bond acceptors (Lipinski definition) is 5. The van der Waals surface area contributed by atoms with E-state index in [1.54, 1.807) is 6.92 Å². The Bertz CT molecular complexity index is 659. The number of aliphatic hydroxyl groups is 1. The third-order valence-corrected chi connectivity index (χ3v) is 8.65. The van der Waals surface area contributed by atoms with Crippen LogP contribution in [0.4, 0.5) is 0 Å². The van der Waals surface area contributed by atoms with Gasteiger partial charge in [0.25, 0.3) is 0 Å². The normalized spacial score (nSPS) is 15.0. The minimum Gasteiger partial charge on any atom is -0.391 e. The lowest BCUT2D eigenvalue weighted by Gasteiger charge is -2.26. The quantitative estimate of drug-likeness (QED) is 0.0435. The molecule has 0 spiro atoms. The highest BCUT2D eigenvalue weighted by atomic mass is 31.2. The Labute approximate surface area is 253 Å². The highest BCUT2D eigenvalue weighted by Gasteiger charge is 2.28. The molecular weight excluding hydrogens is 539 g/mol. The van der Waals surface area contributed by atoms with Crippen LogP contribution in [0.25, 0.3) is 0 Å². The maximum Gasteiger partial charge on any atom is 0.472 e. The molecular formula is C32H68N2O6P+. The number of aliphatic hydroxyl groups excluding tert-OH is 1. The van der Waals surface area contributed by atoms with E-state index in [1.807, 2.05) is 21.1 Å². The summed E-state index contributed by atoms with van der Waals surface area (Å²) in [5.41, 5.74) is 0. The van der Waals surface area contributed by atoms with Crippen LogP contribution in [0.3, 0.4) is 0 Å². The Kier molecular flexibility index (Phi) is 25.6. The topological polar surface area (TPSA) is 105 Å². The number of amides is 1. The number of likely N-dealkylation sites (N-methyl/N-ethyl adjacent to an activating group) is 1. The molecule has 0 heterocycles. The second kappa shape index (κ2) is 25.9. The van der Waals surface area contributed by atoms with Gasteiger partial charge in [0.1, 0.15) is 13.2 Å². The van der Waals surface area contributed by atoms with Crippen LogP contribution in [0.15, 0.2) is 0 Å². The molecule has 0 aliphatic heterocycles. The van der Waals surface area contributed by atoms with Crippen molar-refractivity contribution >= 4 is 13.7 Å². The van der Waals surface area contributed by atoms with Crippen molar-refractivity contribution in [2.75, 3.05) is 40.9 Å². The predicted octanol–water partition coefficient (Wildman–Crippen LogP) is 7.90. The lowest BCUT2D eigenvalue weighted by atomic mass is 10.0. The molecule has 8 nitrogen and oxygen atoms in total. The van der Waals surface area contributed by atoms with E-state index in [0.29, 0.717) is 17.4 Å². The van der Waals surface area contributed by atoms with Gasteiger partial charge < -0.3 is 19.8 Å². The predicted molar refractivity (Wildman–Crippen MR) is 171 cm³/mol. The van der Waals surface area contributed by atoms with E-state index in [-0.39, 0.29) is 25.5 Å². The molecule has 0 aromatic carbocycles.